The van der Waals surface area contributed by atoms with Crippen LogP contribution in [0.2, 0.25) is 0 Å². The Hall–Kier alpha value is -2.74. The van der Waals surface area contributed by atoms with Gasteiger partial charge in [0.2, 0.25) is 5.88 Å². The fourth-order valence-electron chi connectivity index (χ4n) is 3.86. The zero-order valence-electron chi connectivity index (χ0n) is 20.7. The Morgan fingerprint density at radius 1 is 1.00 bits per heavy atom. The molecular formula is C27H36FN3O3. The highest BCUT2D eigenvalue weighted by atomic mass is 19.1. The van der Waals surface area contributed by atoms with Crippen molar-refractivity contribution < 1.29 is 19.0 Å². The van der Waals surface area contributed by atoms with Gasteiger partial charge in [0.25, 0.3) is 0 Å². The van der Waals surface area contributed by atoms with Crippen LogP contribution in [0.4, 0.5) is 4.39 Å². The second-order valence-electron chi connectivity index (χ2n) is 9.30. The average molecular weight is 470 g/mol. The maximum atomic E-state index is 13.4. The minimum absolute atomic E-state index is 0.0620. The number of rotatable bonds is 12. The third-order valence-electron chi connectivity index (χ3n) is 5.26. The van der Waals surface area contributed by atoms with Gasteiger partial charge in [-0.2, -0.15) is 5.10 Å². The van der Waals surface area contributed by atoms with E-state index < -0.39 is 6.10 Å². The molecule has 0 amide bonds. The Balaban J connectivity index is 1.95. The van der Waals surface area contributed by atoms with Gasteiger partial charge in [0.05, 0.1) is 24.4 Å². The number of hydrogen-bond donors (Lipinski definition) is 1. The van der Waals surface area contributed by atoms with E-state index in [1.807, 2.05) is 51.2 Å². The van der Waals surface area contributed by atoms with Crippen LogP contribution in [0.3, 0.4) is 0 Å². The molecule has 34 heavy (non-hydrogen) atoms. The van der Waals surface area contributed by atoms with Gasteiger partial charge in [-0.15, -0.1) is 0 Å². The molecule has 7 heteroatoms. The number of benzene rings is 2. The van der Waals surface area contributed by atoms with E-state index in [-0.39, 0.29) is 18.5 Å². The molecule has 1 unspecified atom stereocenters. The Bertz CT molecular complexity index is 1020. The minimum Gasteiger partial charge on any atom is -0.439 e. The topological polar surface area (TPSA) is 59.8 Å². The number of hydrogen-bond acceptors (Lipinski definition) is 5. The smallest absolute Gasteiger partial charge is 0.222 e. The van der Waals surface area contributed by atoms with Crippen molar-refractivity contribution in [1.29, 1.82) is 0 Å². The molecule has 0 fully saturated rings. The van der Waals surface area contributed by atoms with Crippen LogP contribution in [0, 0.1) is 11.7 Å². The van der Waals surface area contributed by atoms with Crippen LogP contribution in [0.15, 0.2) is 54.6 Å². The molecule has 0 bridgehead atoms. The van der Waals surface area contributed by atoms with Crippen LogP contribution in [0.1, 0.15) is 33.3 Å². The highest BCUT2D eigenvalue weighted by molar-refractivity contribution is 5.65. The molecule has 1 N–H and O–H groups in total. The van der Waals surface area contributed by atoms with E-state index in [0.29, 0.717) is 30.6 Å². The predicted molar refractivity (Wildman–Crippen MR) is 132 cm³/mol. The van der Waals surface area contributed by atoms with Gasteiger partial charge in [0, 0.05) is 32.2 Å². The first-order valence-corrected chi connectivity index (χ1v) is 11.8. The van der Waals surface area contributed by atoms with Crippen molar-refractivity contribution in [3.8, 4) is 22.9 Å². The maximum Gasteiger partial charge on any atom is 0.222 e. The minimum atomic E-state index is -0.612. The highest BCUT2D eigenvalue weighted by Crippen LogP contribution is 2.34. The van der Waals surface area contributed by atoms with Crippen molar-refractivity contribution >= 4 is 0 Å². The molecule has 0 aliphatic heterocycles. The number of aromatic nitrogens is 2. The van der Waals surface area contributed by atoms with Crippen molar-refractivity contribution in [3.63, 3.8) is 0 Å². The van der Waals surface area contributed by atoms with E-state index in [2.05, 4.69) is 18.7 Å². The normalized spacial score (nSPS) is 12.6. The summed E-state index contributed by atoms with van der Waals surface area (Å²) in [5, 5.41) is 15.4. The first-order chi connectivity index (χ1) is 16.2. The molecule has 0 saturated heterocycles. The van der Waals surface area contributed by atoms with Crippen LogP contribution in [0.5, 0.6) is 11.6 Å². The molecule has 184 valence electrons. The van der Waals surface area contributed by atoms with Crippen molar-refractivity contribution in [3.05, 3.63) is 66.0 Å². The molecule has 0 aliphatic rings. The quantitative estimate of drug-likeness (QED) is 0.392. The predicted octanol–water partition coefficient (Wildman–Crippen LogP) is 5.26. The summed E-state index contributed by atoms with van der Waals surface area (Å²) < 4.78 is 27.0. The van der Waals surface area contributed by atoms with Crippen molar-refractivity contribution in [1.82, 2.24) is 14.7 Å². The second-order valence-corrected chi connectivity index (χ2v) is 9.30. The second kappa shape index (κ2) is 12.1. The van der Waals surface area contributed by atoms with E-state index in [0.717, 1.165) is 23.4 Å². The van der Waals surface area contributed by atoms with Gasteiger partial charge in [-0.3, -0.25) is 4.90 Å². The number of ether oxygens (including phenoxy) is 2. The summed E-state index contributed by atoms with van der Waals surface area (Å²) in [6.45, 7) is 10.3. The number of nitrogens with zero attached hydrogens (tertiary/aromatic N) is 3. The summed E-state index contributed by atoms with van der Waals surface area (Å²) in [6.07, 6.45) is -0.550. The van der Waals surface area contributed by atoms with Crippen LogP contribution in [-0.4, -0.2) is 51.7 Å². The molecule has 0 radical (unpaired) electrons. The molecule has 2 aromatic carbocycles. The van der Waals surface area contributed by atoms with E-state index in [1.54, 1.807) is 16.8 Å². The van der Waals surface area contributed by atoms with E-state index in [4.69, 9.17) is 14.6 Å². The van der Waals surface area contributed by atoms with Gasteiger partial charge >= 0.3 is 0 Å². The molecule has 3 rings (SSSR count). The third kappa shape index (κ3) is 7.38. The fourth-order valence-corrected chi connectivity index (χ4v) is 3.86. The molecule has 0 aliphatic carbocycles. The number of aliphatic hydroxyl groups is 1. The Kier molecular flexibility index (Phi) is 9.21. The third-order valence-corrected chi connectivity index (χ3v) is 5.26. The van der Waals surface area contributed by atoms with Gasteiger partial charge in [-0.1, -0.05) is 44.2 Å². The van der Waals surface area contributed by atoms with Gasteiger partial charge in [0.1, 0.15) is 17.3 Å². The molecule has 3 aromatic rings. The zero-order chi connectivity index (χ0) is 24.7. The average Bonchev–Trinajstić information content (AvgIpc) is 3.09. The lowest BCUT2D eigenvalue weighted by atomic mass is 10.1. The summed E-state index contributed by atoms with van der Waals surface area (Å²) in [7, 11) is 1.84. The first kappa shape index (κ1) is 25.9. The number of aliphatic hydroxyl groups excluding tert-OH is 1. The molecular weight excluding hydrogens is 433 g/mol. The monoisotopic (exact) mass is 469 g/mol. The zero-order valence-corrected chi connectivity index (χ0v) is 20.7. The summed E-state index contributed by atoms with van der Waals surface area (Å²) in [4.78, 5) is 2.21. The van der Waals surface area contributed by atoms with E-state index >= 15 is 0 Å². The highest BCUT2D eigenvalue weighted by Gasteiger charge is 2.24. The summed E-state index contributed by atoms with van der Waals surface area (Å²) in [5.41, 5.74) is 2.72. The Morgan fingerprint density at radius 2 is 1.68 bits per heavy atom. The fraction of sp³-hybridized carbons (Fsp3) is 0.444. The lowest BCUT2D eigenvalue weighted by molar-refractivity contribution is -0.0109. The SMILES string of the molecule is CC(C)CN(Cc1c(-c2ccccc2)nn(C)c1Oc1ccc(F)cc1)CC(O)COC(C)C. The van der Waals surface area contributed by atoms with Gasteiger partial charge in [-0.05, 0) is 44.0 Å². The van der Waals surface area contributed by atoms with E-state index in [1.165, 1.54) is 12.1 Å². The molecule has 1 aromatic heterocycles. The Labute approximate surface area is 201 Å². The van der Waals surface area contributed by atoms with Gasteiger partial charge in [-0.25, -0.2) is 9.07 Å². The molecule has 1 heterocycles. The summed E-state index contributed by atoms with van der Waals surface area (Å²) in [5.74, 6) is 1.21. The maximum absolute atomic E-state index is 13.4. The van der Waals surface area contributed by atoms with Crippen LogP contribution >= 0.6 is 0 Å². The van der Waals surface area contributed by atoms with Crippen molar-refractivity contribution in [2.45, 2.75) is 46.4 Å². The standard InChI is InChI=1S/C27H36FN3O3/c1-19(2)15-31(16-23(32)18-33-20(3)4)17-25-26(21-9-7-6-8-10-21)29-30(5)27(25)34-24-13-11-22(28)12-14-24/h6-14,19-20,23,32H,15-18H2,1-5H3. The van der Waals surface area contributed by atoms with Crippen molar-refractivity contribution in [2.75, 3.05) is 19.7 Å². The molecule has 1 atom stereocenters. The lowest BCUT2D eigenvalue weighted by Crippen LogP contribution is -2.37. The van der Waals surface area contributed by atoms with Crippen LogP contribution in [0.25, 0.3) is 11.3 Å². The number of halogens is 1. The van der Waals surface area contributed by atoms with E-state index in [9.17, 15) is 9.50 Å². The summed E-state index contributed by atoms with van der Waals surface area (Å²) >= 11 is 0. The first-order valence-electron chi connectivity index (χ1n) is 11.8. The van der Waals surface area contributed by atoms with Crippen LogP contribution in [-0.2, 0) is 18.3 Å². The molecule has 6 nitrogen and oxygen atoms in total. The number of aryl methyl sites for hydroxylation is 1. The Morgan fingerprint density at radius 3 is 2.29 bits per heavy atom. The van der Waals surface area contributed by atoms with Crippen molar-refractivity contribution in [2.24, 2.45) is 13.0 Å². The van der Waals surface area contributed by atoms with Crippen LogP contribution < -0.4 is 4.74 Å². The largest absolute Gasteiger partial charge is 0.439 e. The van der Waals surface area contributed by atoms with Gasteiger partial charge < -0.3 is 14.6 Å². The molecule has 0 saturated carbocycles. The molecule has 0 spiro atoms. The van der Waals surface area contributed by atoms with Gasteiger partial charge in [0.15, 0.2) is 0 Å². The lowest BCUT2D eigenvalue weighted by Gasteiger charge is -2.27. The summed E-state index contributed by atoms with van der Waals surface area (Å²) in [6, 6.07) is 15.9.